The van der Waals surface area contributed by atoms with Crippen LogP contribution in [0.25, 0.3) is 0 Å². The predicted octanol–water partition coefficient (Wildman–Crippen LogP) is 0.876. The summed E-state index contributed by atoms with van der Waals surface area (Å²) in [4.78, 5) is -0.400. The maximum absolute atomic E-state index is 12.9. The minimum atomic E-state index is -4.46. The molecule has 0 amide bonds. The second-order valence-corrected chi connectivity index (χ2v) is 10.8. The van der Waals surface area contributed by atoms with Crippen molar-refractivity contribution in [2.75, 3.05) is 13.7 Å². The molecule has 2 aromatic rings. The number of aliphatic hydroxyl groups excluding tert-OH is 2. The van der Waals surface area contributed by atoms with E-state index in [9.17, 15) is 27.0 Å². The average Bonchev–Trinajstić information content (AvgIpc) is 2.77. The van der Waals surface area contributed by atoms with Crippen LogP contribution in [0.2, 0.25) is 0 Å². The number of hydrogen-bond acceptors (Lipinski definition) is 10. The molecule has 10 nitrogen and oxygen atoms in total. The molecule has 2 N–H and O–H groups in total. The van der Waals surface area contributed by atoms with Crippen LogP contribution in [0, 0.1) is 13.8 Å². The Balaban J connectivity index is 1.98. The summed E-state index contributed by atoms with van der Waals surface area (Å²) in [5.74, 6) is 0. The van der Waals surface area contributed by atoms with Gasteiger partial charge in [0.05, 0.1) is 16.4 Å². The summed E-state index contributed by atoms with van der Waals surface area (Å²) in [5.41, 5.74) is 1.63. The van der Waals surface area contributed by atoms with Gasteiger partial charge in [-0.1, -0.05) is 35.4 Å². The van der Waals surface area contributed by atoms with E-state index >= 15 is 0 Å². The van der Waals surface area contributed by atoms with Crippen LogP contribution in [0.4, 0.5) is 0 Å². The van der Waals surface area contributed by atoms with Crippen LogP contribution < -0.4 is 0 Å². The highest BCUT2D eigenvalue weighted by Crippen LogP contribution is 2.31. The highest BCUT2D eigenvalue weighted by atomic mass is 32.2. The number of methoxy groups -OCH3 is 1. The van der Waals surface area contributed by atoms with Gasteiger partial charge in [0.2, 0.25) is 0 Å². The van der Waals surface area contributed by atoms with Crippen molar-refractivity contribution < 1.29 is 44.9 Å². The summed E-state index contributed by atoms with van der Waals surface area (Å²) in [6, 6.07) is 11.5. The van der Waals surface area contributed by atoms with E-state index in [4.69, 9.17) is 17.8 Å². The molecule has 1 aliphatic rings. The van der Waals surface area contributed by atoms with Crippen LogP contribution in [0.1, 0.15) is 11.1 Å². The molecular weight excluding hydrogens is 476 g/mol. The Labute approximate surface area is 192 Å². The van der Waals surface area contributed by atoms with Gasteiger partial charge < -0.3 is 19.7 Å². The van der Waals surface area contributed by atoms with Crippen molar-refractivity contribution in [2.24, 2.45) is 0 Å². The van der Waals surface area contributed by atoms with E-state index in [0.717, 1.165) is 11.1 Å². The van der Waals surface area contributed by atoms with Crippen molar-refractivity contribution in [1.29, 1.82) is 0 Å². The number of benzene rings is 2. The van der Waals surface area contributed by atoms with Crippen LogP contribution >= 0.6 is 0 Å². The fraction of sp³-hybridized carbons (Fsp3) is 0.429. The maximum Gasteiger partial charge on any atom is 0.297 e. The van der Waals surface area contributed by atoms with Crippen molar-refractivity contribution in [2.45, 2.75) is 54.3 Å². The van der Waals surface area contributed by atoms with Gasteiger partial charge in [0.25, 0.3) is 20.2 Å². The van der Waals surface area contributed by atoms with Crippen molar-refractivity contribution in [3.63, 3.8) is 0 Å². The average molecular weight is 503 g/mol. The third-order valence-electron chi connectivity index (χ3n) is 5.13. The Morgan fingerprint density at radius 2 is 1.24 bits per heavy atom. The lowest BCUT2D eigenvalue weighted by molar-refractivity contribution is -0.283. The standard InChI is InChI=1S/C21H26O10S2/c1-13-4-8-15(9-5-13)32(24,25)30-19-18(23)17(12-22)29-21(28-3)20(19)31-33(26,27)16-10-6-14(2)7-11-16/h4-11,17-23H,12H2,1-3H3/t17-,18-,19+,20-,21+/m1/s1. The highest BCUT2D eigenvalue weighted by molar-refractivity contribution is 7.87. The number of hydrogen-bond donors (Lipinski definition) is 2. The van der Waals surface area contributed by atoms with Crippen molar-refractivity contribution in [1.82, 2.24) is 0 Å². The molecule has 2 aromatic carbocycles. The molecule has 0 spiro atoms. The molecule has 182 valence electrons. The van der Waals surface area contributed by atoms with E-state index in [1.807, 2.05) is 0 Å². The van der Waals surface area contributed by atoms with Gasteiger partial charge in [-0.3, -0.25) is 8.37 Å². The zero-order chi connectivity index (χ0) is 24.4. The van der Waals surface area contributed by atoms with Crippen LogP contribution in [0.3, 0.4) is 0 Å². The second kappa shape index (κ2) is 10.2. The molecule has 1 heterocycles. The Morgan fingerprint density at radius 1 is 0.818 bits per heavy atom. The molecule has 33 heavy (non-hydrogen) atoms. The first-order chi connectivity index (χ1) is 15.5. The monoisotopic (exact) mass is 502 g/mol. The molecule has 0 saturated carbocycles. The molecule has 0 radical (unpaired) electrons. The Kier molecular flexibility index (Phi) is 7.91. The molecule has 1 saturated heterocycles. The van der Waals surface area contributed by atoms with E-state index in [1.54, 1.807) is 38.1 Å². The van der Waals surface area contributed by atoms with Crippen LogP contribution in [0.15, 0.2) is 58.3 Å². The van der Waals surface area contributed by atoms with Gasteiger partial charge in [-0.25, -0.2) is 0 Å². The Morgan fingerprint density at radius 3 is 1.64 bits per heavy atom. The topological polar surface area (TPSA) is 146 Å². The van der Waals surface area contributed by atoms with E-state index in [-0.39, 0.29) is 9.79 Å². The lowest BCUT2D eigenvalue weighted by Crippen LogP contribution is -2.61. The summed E-state index contributed by atoms with van der Waals surface area (Å²) in [6.07, 6.45) is -8.01. The van der Waals surface area contributed by atoms with Gasteiger partial charge in [-0.2, -0.15) is 16.8 Å². The number of aliphatic hydroxyl groups is 2. The SMILES string of the molecule is CO[C@H]1O[C@H](CO)[C@@H](O)[C@H](OS(=O)(=O)c2ccc(C)cc2)[C@H]1OS(=O)(=O)c1ccc(C)cc1. The van der Waals surface area contributed by atoms with Crippen LogP contribution in [0.5, 0.6) is 0 Å². The number of aryl methyl sites for hydroxylation is 2. The predicted molar refractivity (Wildman–Crippen MR) is 115 cm³/mol. The summed E-state index contributed by atoms with van der Waals surface area (Å²) in [6.45, 7) is 2.84. The van der Waals surface area contributed by atoms with Crippen molar-refractivity contribution >= 4 is 20.2 Å². The molecule has 0 aliphatic carbocycles. The van der Waals surface area contributed by atoms with E-state index in [1.165, 1.54) is 31.4 Å². The van der Waals surface area contributed by atoms with Gasteiger partial charge in [-0.15, -0.1) is 0 Å². The number of rotatable bonds is 8. The summed E-state index contributed by atoms with van der Waals surface area (Å²) in [5, 5.41) is 20.2. The van der Waals surface area contributed by atoms with Gasteiger partial charge in [0, 0.05) is 7.11 Å². The third-order valence-corrected chi connectivity index (χ3v) is 7.78. The second-order valence-electron chi connectivity index (χ2n) is 7.61. The lowest BCUT2D eigenvalue weighted by Gasteiger charge is -2.42. The van der Waals surface area contributed by atoms with Gasteiger partial charge >= 0.3 is 0 Å². The Bertz CT molecular complexity index is 1140. The molecular formula is C21H26O10S2. The lowest BCUT2D eigenvalue weighted by atomic mass is 9.99. The summed E-state index contributed by atoms with van der Waals surface area (Å²) in [7, 11) is -7.72. The molecule has 3 rings (SSSR count). The van der Waals surface area contributed by atoms with Crippen LogP contribution in [-0.2, 0) is 38.1 Å². The number of ether oxygens (including phenoxy) is 2. The minimum absolute atomic E-state index is 0.193. The van der Waals surface area contributed by atoms with Gasteiger partial charge in [0.15, 0.2) is 12.4 Å². The van der Waals surface area contributed by atoms with Gasteiger partial charge in [-0.05, 0) is 38.1 Å². The molecule has 1 aliphatic heterocycles. The summed E-state index contributed by atoms with van der Waals surface area (Å²) < 4.78 is 72.6. The molecule has 0 bridgehead atoms. The van der Waals surface area contributed by atoms with Crippen molar-refractivity contribution in [3.05, 3.63) is 59.7 Å². The molecule has 1 fully saturated rings. The third kappa shape index (κ3) is 5.78. The first-order valence-electron chi connectivity index (χ1n) is 9.95. The molecule has 5 atom stereocenters. The zero-order valence-corrected chi connectivity index (χ0v) is 19.8. The fourth-order valence-corrected chi connectivity index (χ4v) is 5.43. The van der Waals surface area contributed by atoms with Crippen molar-refractivity contribution in [3.8, 4) is 0 Å². The van der Waals surface area contributed by atoms with E-state index < -0.39 is 57.5 Å². The molecule has 12 heteroatoms. The van der Waals surface area contributed by atoms with E-state index in [0.29, 0.717) is 0 Å². The highest BCUT2D eigenvalue weighted by Gasteiger charge is 2.51. The van der Waals surface area contributed by atoms with E-state index in [2.05, 4.69) is 0 Å². The normalized spacial score (nSPS) is 26.3. The largest absolute Gasteiger partial charge is 0.394 e. The maximum atomic E-state index is 12.9. The smallest absolute Gasteiger partial charge is 0.297 e. The quantitative estimate of drug-likeness (QED) is 0.499. The van der Waals surface area contributed by atoms with Crippen LogP contribution in [-0.4, -0.2) is 71.5 Å². The summed E-state index contributed by atoms with van der Waals surface area (Å²) >= 11 is 0. The minimum Gasteiger partial charge on any atom is -0.394 e. The molecule has 0 aromatic heterocycles. The van der Waals surface area contributed by atoms with Gasteiger partial charge in [0.1, 0.15) is 18.3 Å². The zero-order valence-electron chi connectivity index (χ0n) is 18.2. The Hall–Kier alpha value is -1.90. The first kappa shape index (κ1) is 25.7. The first-order valence-corrected chi connectivity index (χ1v) is 12.8. The molecule has 0 unspecified atom stereocenters. The fourth-order valence-electron chi connectivity index (χ4n) is 3.26.